The number of hydrogen-bond acceptors (Lipinski definition) is 4. The van der Waals surface area contributed by atoms with Crippen molar-refractivity contribution in [2.45, 2.75) is 58.4 Å². The largest absolute Gasteiger partial charge is 0.484 e. The molecule has 2 unspecified atom stereocenters. The zero-order valence-electron chi connectivity index (χ0n) is 21.0. The number of aryl methyl sites for hydroxylation is 1. The van der Waals surface area contributed by atoms with Gasteiger partial charge in [0.1, 0.15) is 11.3 Å². The number of amides is 1. The van der Waals surface area contributed by atoms with Crippen LogP contribution >= 0.6 is 0 Å². The second-order valence-electron chi connectivity index (χ2n) is 9.34. The molecule has 0 saturated heterocycles. The molecule has 6 heteroatoms. The highest BCUT2D eigenvalue weighted by Gasteiger charge is 2.21. The van der Waals surface area contributed by atoms with Crippen molar-refractivity contribution < 1.29 is 23.8 Å². The molecule has 0 fully saturated rings. The van der Waals surface area contributed by atoms with Crippen molar-refractivity contribution in [1.29, 1.82) is 0 Å². The SMILES string of the molecule is CCCC(CC)NC(=O)COc1ccc2ccc(C(CC(=O)O)c3cc4ccoc4cc3C)cc2c1. The summed E-state index contributed by atoms with van der Waals surface area (Å²) < 4.78 is 11.3. The van der Waals surface area contributed by atoms with Crippen LogP contribution in [0.1, 0.15) is 62.1 Å². The van der Waals surface area contributed by atoms with E-state index in [-0.39, 0.29) is 30.9 Å². The summed E-state index contributed by atoms with van der Waals surface area (Å²) in [7, 11) is 0. The topological polar surface area (TPSA) is 88.8 Å². The van der Waals surface area contributed by atoms with Crippen molar-refractivity contribution >= 4 is 33.6 Å². The highest BCUT2D eigenvalue weighted by atomic mass is 16.5. The zero-order chi connectivity index (χ0) is 25.7. The van der Waals surface area contributed by atoms with Crippen molar-refractivity contribution in [3.63, 3.8) is 0 Å². The predicted octanol–water partition coefficient (Wildman–Crippen LogP) is 6.57. The van der Waals surface area contributed by atoms with E-state index >= 15 is 0 Å². The van der Waals surface area contributed by atoms with Crippen molar-refractivity contribution in [2.24, 2.45) is 0 Å². The van der Waals surface area contributed by atoms with Gasteiger partial charge in [-0.2, -0.15) is 0 Å². The van der Waals surface area contributed by atoms with Gasteiger partial charge in [0, 0.05) is 17.3 Å². The molecule has 3 aromatic carbocycles. The van der Waals surface area contributed by atoms with E-state index in [1.54, 1.807) is 6.26 Å². The Balaban J connectivity index is 1.59. The van der Waals surface area contributed by atoms with Gasteiger partial charge in [0.2, 0.25) is 0 Å². The maximum Gasteiger partial charge on any atom is 0.304 e. The highest BCUT2D eigenvalue weighted by Crippen LogP contribution is 2.35. The lowest BCUT2D eigenvalue weighted by Crippen LogP contribution is -2.37. The third kappa shape index (κ3) is 5.88. The zero-order valence-corrected chi connectivity index (χ0v) is 21.0. The lowest BCUT2D eigenvalue weighted by Gasteiger charge is -2.19. The molecule has 4 aromatic rings. The summed E-state index contributed by atoms with van der Waals surface area (Å²) in [5, 5.41) is 15.6. The Morgan fingerprint density at radius 1 is 1.00 bits per heavy atom. The van der Waals surface area contributed by atoms with Gasteiger partial charge in [0.15, 0.2) is 6.61 Å². The van der Waals surface area contributed by atoms with E-state index < -0.39 is 5.97 Å². The molecule has 0 bridgehead atoms. The molecular weight excluding hydrogens is 454 g/mol. The Hall–Kier alpha value is -3.80. The van der Waals surface area contributed by atoms with Crippen LogP contribution in [0.15, 0.2) is 65.3 Å². The fourth-order valence-electron chi connectivity index (χ4n) is 4.78. The molecule has 1 aromatic heterocycles. The molecule has 0 aliphatic heterocycles. The van der Waals surface area contributed by atoms with E-state index in [2.05, 4.69) is 19.2 Å². The number of nitrogens with one attached hydrogen (secondary N) is 1. The molecule has 0 radical (unpaired) electrons. The smallest absolute Gasteiger partial charge is 0.304 e. The summed E-state index contributed by atoms with van der Waals surface area (Å²) in [6.07, 6.45) is 4.48. The van der Waals surface area contributed by atoms with Crippen molar-refractivity contribution in [1.82, 2.24) is 5.32 Å². The van der Waals surface area contributed by atoms with Gasteiger partial charge in [0.25, 0.3) is 5.91 Å². The monoisotopic (exact) mass is 487 g/mol. The van der Waals surface area contributed by atoms with Crippen molar-refractivity contribution in [3.05, 3.63) is 77.6 Å². The Kier molecular flexibility index (Phi) is 7.93. The van der Waals surface area contributed by atoms with Gasteiger partial charge >= 0.3 is 5.97 Å². The number of ether oxygens (including phenoxy) is 1. The molecule has 2 atom stereocenters. The lowest BCUT2D eigenvalue weighted by molar-refractivity contribution is -0.137. The van der Waals surface area contributed by atoms with Gasteiger partial charge < -0.3 is 19.6 Å². The van der Waals surface area contributed by atoms with Crippen LogP contribution in [-0.4, -0.2) is 29.6 Å². The molecular formula is C30H33NO5. The fourth-order valence-corrected chi connectivity index (χ4v) is 4.78. The predicted molar refractivity (Wildman–Crippen MR) is 142 cm³/mol. The summed E-state index contributed by atoms with van der Waals surface area (Å²) in [5.74, 6) is -0.700. The summed E-state index contributed by atoms with van der Waals surface area (Å²) in [6, 6.07) is 17.7. The molecule has 4 rings (SSSR count). The number of carbonyl (C=O) groups is 2. The van der Waals surface area contributed by atoms with Crippen molar-refractivity contribution in [3.8, 4) is 5.75 Å². The van der Waals surface area contributed by atoms with Gasteiger partial charge in [-0.1, -0.05) is 44.5 Å². The minimum absolute atomic E-state index is 0.0254. The molecule has 0 aliphatic rings. The molecule has 1 amide bonds. The third-order valence-corrected chi connectivity index (χ3v) is 6.70. The maximum absolute atomic E-state index is 12.3. The first-order valence-corrected chi connectivity index (χ1v) is 12.5. The molecule has 0 aliphatic carbocycles. The lowest BCUT2D eigenvalue weighted by atomic mass is 9.84. The minimum Gasteiger partial charge on any atom is -0.484 e. The number of aliphatic carboxylic acids is 1. The number of rotatable bonds is 11. The van der Waals surface area contributed by atoms with E-state index in [1.165, 1.54) is 0 Å². The summed E-state index contributed by atoms with van der Waals surface area (Å²) in [6.45, 7) is 6.10. The van der Waals surface area contributed by atoms with Crippen LogP contribution in [0.5, 0.6) is 5.75 Å². The van der Waals surface area contributed by atoms with Crippen molar-refractivity contribution in [2.75, 3.05) is 6.61 Å². The Morgan fingerprint density at radius 3 is 2.56 bits per heavy atom. The van der Waals surface area contributed by atoms with E-state index in [9.17, 15) is 14.7 Å². The highest BCUT2D eigenvalue weighted by molar-refractivity contribution is 5.86. The summed E-state index contributed by atoms with van der Waals surface area (Å²) >= 11 is 0. The number of hydrogen-bond donors (Lipinski definition) is 2. The van der Waals surface area contributed by atoms with Crippen LogP contribution in [0.3, 0.4) is 0 Å². The molecule has 6 nitrogen and oxygen atoms in total. The quantitative estimate of drug-likeness (QED) is 0.250. The molecule has 1 heterocycles. The summed E-state index contributed by atoms with van der Waals surface area (Å²) in [5.41, 5.74) is 3.65. The van der Waals surface area contributed by atoms with Gasteiger partial charge in [0.05, 0.1) is 12.7 Å². The van der Waals surface area contributed by atoms with Crippen LogP contribution in [0.4, 0.5) is 0 Å². The molecule has 188 valence electrons. The maximum atomic E-state index is 12.3. The third-order valence-electron chi connectivity index (χ3n) is 6.70. The number of carbonyl (C=O) groups excluding carboxylic acids is 1. The van der Waals surface area contributed by atoms with Gasteiger partial charge in [-0.05, 0) is 77.6 Å². The summed E-state index contributed by atoms with van der Waals surface area (Å²) in [4.78, 5) is 24.1. The van der Waals surface area contributed by atoms with E-state index in [0.29, 0.717) is 5.75 Å². The Bertz CT molecular complexity index is 1370. The molecule has 2 N–H and O–H groups in total. The van der Waals surface area contributed by atoms with Crippen LogP contribution in [-0.2, 0) is 9.59 Å². The van der Waals surface area contributed by atoms with Crippen LogP contribution in [0.25, 0.3) is 21.7 Å². The second kappa shape index (κ2) is 11.3. The molecule has 36 heavy (non-hydrogen) atoms. The van der Waals surface area contributed by atoms with Gasteiger partial charge in [-0.25, -0.2) is 0 Å². The first-order valence-electron chi connectivity index (χ1n) is 12.5. The number of carboxylic acid groups (broad SMARTS) is 1. The van der Waals surface area contributed by atoms with Crippen LogP contribution in [0, 0.1) is 6.92 Å². The van der Waals surface area contributed by atoms with Gasteiger partial charge in [-0.3, -0.25) is 9.59 Å². The van der Waals surface area contributed by atoms with Gasteiger partial charge in [-0.15, -0.1) is 0 Å². The number of carboxylic acids is 1. The fraction of sp³-hybridized carbons (Fsp3) is 0.333. The average Bonchev–Trinajstić information content (AvgIpc) is 3.32. The Morgan fingerprint density at radius 2 is 1.81 bits per heavy atom. The average molecular weight is 488 g/mol. The van der Waals surface area contributed by atoms with Crippen LogP contribution in [0.2, 0.25) is 0 Å². The second-order valence-corrected chi connectivity index (χ2v) is 9.34. The van der Waals surface area contributed by atoms with E-state index in [4.69, 9.17) is 9.15 Å². The number of furan rings is 1. The number of benzene rings is 3. The van der Waals surface area contributed by atoms with E-state index in [1.807, 2.05) is 61.5 Å². The molecule has 0 spiro atoms. The first kappa shape index (κ1) is 25.3. The first-order chi connectivity index (χ1) is 17.4. The van der Waals surface area contributed by atoms with Crippen LogP contribution < -0.4 is 10.1 Å². The van der Waals surface area contributed by atoms with E-state index in [0.717, 1.165) is 57.7 Å². The normalized spacial score (nSPS) is 13.0. The molecule has 0 saturated carbocycles. The minimum atomic E-state index is -0.858. The standard InChI is InChI=1S/C30H33NO5/c1-4-6-24(5-2)31-29(32)18-36-25-10-9-20-7-8-21(14-23(20)15-25)27(17-30(33)34)26-16-22-11-12-35-28(22)13-19(26)3/h7-16,24,27H,4-6,17-18H2,1-3H3,(H,31,32)(H,33,34). The number of fused-ring (bicyclic) bond motifs is 2. The Labute approximate surface area is 211 Å².